The van der Waals surface area contributed by atoms with E-state index in [-0.39, 0.29) is 0 Å². The highest BCUT2D eigenvalue weighted by molar-refractivity contribution is 5.41. The first kappa shape index (κ1) is 7.05. The van der Waals surface area contributed by atoms with Gasteiger partial charge in [0, 0.05) is 6.54 Å². The SMILES string of the molecule is ONC/C=C/c1ccco1. The van der Waals surface area contributed by atoms with E-state index in [1.807, 2.05) is 17.6 Å². The summed E-state index contributed by atoms with van der Waals surface area (Å²) in [6, 6.07) is 3.65. The highest BCUT2D eigenvalue weighted by Crippen LogP contribution is 2.00. The van der Waals surface area contributed by atoms with Gasteiger partial charge >= 0.3 is 0 Å². The van der Waals surface area contributed by atoms with Gasteiger partial charge in [-0.05, 0) is 18.2 Å². The van der Waals surface area contributed by atoms with Crippen molar-refractivity contribution in [3.05, 3.63) is 30.2 Å². The van der Waals surface area contributed by atoms with Crippen LogP contribution in [0.25, 0.3) is 6.08 Å². The van der Waals surface area contributed by atoms with Crippen LogP contribution in [0.1, 0.15) is 5.76 Å². The fourth-order valence-corrected chi connectivity index (χ4v) is 0.614. The van der Waals surface area contributed by atoms with Gasteiger partial charge in [-0.2, -0.15) is 0 Å². The molecule has 10 heavy (non-hydrogen) atoms. The molecule has 0 bridgehead atoms. The van der Waals surface area contributed by atoms with Gasteiger partial charge in [0.2, 0.25) is 0 Å². The van der Waals surface area contributed by atoms with Crippen molar-refractivity contribution >= 4 is 6.08 Å². The van der Waals surface area contributed by atoms with Crippen molar-refractivity contribution in [3.63, 3.8) is 0 Å². The van der Waals surface area contributed by atoms with Gasteiger partial charge in [0.1, 0.15) is 5.76 Å². The summed E-state index contributed by atoms with van der Waals surface area (Å²) in [5, 5.41) is 8.16. The summed E-state index contributed by atoms with van der Waals surface area (Å²) in [5.74, 6) is 0.787. The average molecular weight is 139 g/mol. The molecule has 0 aliphatic rings. The van der Waals surface area contributed by atoms with Crippen LogP contribution in [-0.4, -0.2) is 11.8 Å². The molecule has 54 valence electrons. The molecule has 0 saturated carbocycles. The fourth-order valence-electron chi connectivity index (χ4n) is 0.614. The zero-order chi connectivity index (χ0) is 7.23. The zero-order valence-electron chi connectivity index (χ0n) is 5.45. The smallest absolute Gasteiger partial charge is 0.126 e. The van der Waals surface area contributed by atoms with E-state index in [0.29, 0.717) is 6.54 Å². The molecule has 0 aliphatic heterocycles. The monoisotopic (exact) mass is 139 g/mol. The molecule has 2 N–H and O–H groups in total. The van der Waals surface area contributed by atoms with Crippen LogP contribution < -0.4 is 5.48 Å². The molecule has 3 heteroatoms. The van der Waals surface area contributed by atoms with Crippen LogP contribution in [-0.2, 0) is 0 Å². The van der Waals surface area contributed by atoms with E-state index in [1.165, 1.54) is 0 Å². The molecule has 1 heterocycles. The predicted octanol–water partition coefficient (Wildman–Crippen LogP) is 1.27. The summed E-state index contributed by atoms with van der Waals surface area (Å²) >= 11 is 0. The first-order chi connectivity index (χ1) is 4.93. The molecule has 0 atom stereocenters. The van der Waals surface area contributed by atoms with Gasteiger partial charge < -0.3 is 9.62 Å². The number of rotatable bonds is 3. The van der Waals surface area contributed by atoms with Crippen molar-refractivity contribution in [1.82, 2.24) is 5.48 Å². The third-order valence-electron chi connectivity index (χ3n) is 1.03. The van der Waals surface area contributed by atoms with Crippen LogP contribution in [0.4, 0.5) is 0 Å². The number of nitrogens with one attached hydrogen (secondary N) is 1. The van der Waals surface area contributed by atoms with Crippen LogP contribution in [0.5, 0.6) is 0 Å². The summed E-state index contributed by atoms with van der Waals surface area (Å²) < 4.78 is 4.98. The standard InChI is InChI=1S/C7H9NO2/c9-8-5-1-3-7-4-2-6-10-7/h1-4,6,8-9H,5H2/b3-1+. The average Bonchev–Trinajstić information content (AvgIpc) is 2.41. The van der Waals surface area contributed by atoms with Crippen LogP contribution >= 0.6 is 0 Å². The van der Waals surface area contributed by atoms with E-state index in [2.05, 4.69) is 0 Å². The molecule has 0 radical (unpaired) electrons. The maximum absolute atomic E-state index is 8.16. The van der Waals surface area contributed by atoms with Gasteiger partial charge in [0.15, 0.2) is 0 Å². The topological polar surface area (TPSA) is 45.4 Å². The predicted molar refractivity (Wildman–Crippen MR) is 37.5 cm³/mol. The maximum Gasteiger partial charge on any atom is 0.126 e. The molecular formula is C7H9NO2. The number of hydroxylamine groups is 1. The first-order valence-corrected chi connectivity index (χ1v) is 3.00. The number of hydrogen-bond acceptors (Lipinski definition) is 3. The lowest BCUT2D eigenvalue weighted by Gasteiger charge is -1.85. The Morgan fingerprint density at radius 1 is 1.70 bits per heavy atom. The molecule has 0 saturated heterocycles. The Balaban J connectivity index is 2.40. The largest absolute Gasteiger partial charge is 0.465 e. The lowest BCUT2D eigenvalue weighted by molar-refractivity contribution is 0.180. The second-order valence-electron chi connectivity index (χ2n) is 1.78. The first-order valence-electron chi connectivity index (χ1n) is 3.00. The van der Waals surface area contributed by atoms with Crippen molar-refractivity contribution in [2.45, 2.75) is 0 Å². The van der Waals surface area contributed by atoms with Gasteiger partial charge in [0.05, 0.1) is 6.26 Å². The van der Waals surface area contributed by atoms with E-state index >= 15 is 0 Å². The van der Waals surface area contributed by atoms with Gasteiger partial charge in [-0.15, -0.1) is 0 Å². The summed E-state index contributed by atoms with van der Waals surface area (Å²) in [5.41, 5.74) is 2.00. The van der Waals surface area contributed by atoms with Crippen LogP contribution in [0.3, 0.4) is 0 Å². The third kappa shape index (κ3) is 2.05. The Morgan fingerprint density at radius 3 is 3.20 bits per heavy atom. The highest BCUT2D eigenvalue weighted by atomic mass is 16.5. The van der Waals surface area contributed by atoms with E-state index in [4.69, 9.17) is 9.62 Å². The summed E-state index contributed by atoms with van der Waals surface area (Å²) in [6.45, 7) is 0.431. The molecule has 1 aromatic rings. The van der Waals surface area contributed by atoms with E-state index < -0.39 is 0 Å². The second kappa shape index (κ2) is 3.87. The van der Waals surface area contributed by atoms with Crippen LogP contribution in [0.2, 0.25) is 0 Å². The van der Waals surface area contributed by atoms with E-state index in [0.717, 1.165) is 5.76 Å². The van der Waals surface area contributed by atoms with Crippen molar-refractivity contribution in [2.24, 2.45) is 0 Å². The van der Waals surface area contributed by atoms with Crippen molar-refractivity contribution in [2.75, 3.05) is 6.54 Å². The third-order valence-corrected chi connectivity index (χ3v) is 1.03. The van der Waals surface area contributed by atoms with Crippen molar-refractivity contribution < 1.29 is 9.62 Å². The Kier molecular flexibility index (Phi) is 2.73. The minimum absolute atomic E-state index is 0.431. The number of hydrogen-bond donors (Lipinski definition) is 2. The minimum Gasteiger partial charge on any atom is -0.465 e. The van der Waals surface area contributed by atoms with E-state index in [1.54, 1.807) is 18.4 Å². The van der Waals surface area contributed by atoms with Crippen LogP contribution in [0, 0.1) is 0 Å². The molecule has 1 aromatic heterocycles. The number of furan rings is 1. The summed E-state index contributed by atoms with van der Waals surface area (Å²) in [6.07, 6.45) is 5.15. The van der Waals surface area contributed by atoms with E-state index in [9.17, 15) is 0 Å². The molecule has 0 aromatic carbocycles. The Hall–Kier alpha value is -1.06. The summed E-state index contributed by atoms with van der Waals surface area (Å²) in [4.78, 5) is 0. The van der Waals surface area contributed by atoms with Gasteiger partial charge in [-0.1, -0.05) is 6.08 Å². The lowest BCUT2D eigenvalue weighted by atomic mass is 10.4. The van der Waals surface area contributed by atoms with Crippen molar-refractivity contribution in [1.29, 1.82) is 0 Å². The minimum atomic E-state index is 0.431. The van der Waals surface area contributed by atoms with Gasteiger partial charge in [-0.25, -0.2) is 5.48 Å². The van der Waals surface area contributed by atoms with Crippen LogP contribution in [0.15, 0.2) is 28.9 Å². The Labute approximate surface area is 58.9 Å². The molecule has 0 unspecified atom stereocenters. The lowest BCUT2D eigenvalue weighted by Crippen LogP contribution is -2.04. The molecule has 0 spiro atoms. The van der Waals surface area contributed by atoms with Crippen molar-refractivity contribution in [3.8, 4) is 0 Å². The molecular weight excluding hydrogens is 130 g/mol. The Morgan fingerprint density at radius 2 is 2.60 bits per heavy atom. The maximum atomic E-state index is 8.16. The normalized spacial score (nSPS) is 10.9. The van der Waals surface area contributed by atoms with Gasteiger partial charge in [-0.3, -0.25) is 0 Å². The molecule has 3 nitrogen and oxygen atoms in total. The highest BCUT2D eigenvalue weighted by Gasteiger charge is 1.84. The zero-order valence-corrected chi connectivity index (χ0v) is 5.45. The van der Waals surface area contributed by atoms with Gasteiger partial charge in [0.25, 0.3) is 0 Å². The molecule has 0 amide bonds. The summed E-state index contributed by atoms with van der Waals surface area (Å²) in [7, 11) is 0. The molecule has 0 fully saturated rings. The molecule has 0 aliphatic carbocycles. The molecule has 1 rings (SSSR count). The second-order valence-corrected chi connectivity index (χ2v) is 1.78. The Bertz CT molecular complexity index is 191. The fraction of sp³-hybridized carbons (Fsp3) is 0.143. The quantitative estimate of drug-likeness (QED) is 0.620.